The zero-order chi connectivity index (χ0) is 19.2. The van der Waals surface area contributed by atoms with E-state index in [1.165, 1.54) is 16.9 Å². The van der Waals surface area contributed by atoms with E-state index < -0.39 is 12.5 Å². The Morgan fingerprint density at radius 1 is 1.15 bits per heavy atom. The fourth-order valence-electron chi connectivity index (χ4n) is 2.07. The highest BCUT2D eigenvalue weighted by atomic mass is 79.9. The molecule has 142 valence electrons. The van der Waals surface area contributed by atoms with Gasteiger partial charge in [0.1, 0.15) is 11.6 Å². The van der Waals surface area contributed by atoms with Crippen LogP contribution in [0.15, 0.2) is 22.7 Å². The largest absolute Gasteiger partial charge is 0.492 e. The van der Waals surface area contributed by atoms with E-state index in [0.29, 0.717) is 36.2 Å². The molecule has 0 aliphatic heterocycles. The van der Waals surface area contributed by atoms with Crippen molar-refractivity contribution in [2.24, 2.45) is 0 Å². The zero-order valence-corrected chi connectivity index (χ0v) is 15.5. The van der Waals surface area contributed by atoms with Gasteiger partial charge in [-0.2, -0.15) is 9.59 Å². The molecule has 0 saturated heterocycles. The number of carboxylic acid groups (broad SMARTS) is 1. The Kier molecular flexibility index (Phi) is 6.01. The van der Waals surface area contributed by atoms with Crippen LogP contribution in [-0.2, 0) is 17.9 Å². The van der Waals surface area contributed by atoms with E-state index in [1.54, 1.807) is 6.07 Å². The molecular weight excluding hydrogens is 427 g/mol. The number of halogens is 2. The topological polar surface area (TPSA) is 134 Å². The predicted octanol–water partition coefficient (Wildman–Crippen LogP) is 1.17. The lowest BCUT2D eigenvalue weighted by Crippen LogP contribution is -2.11. The molecule has 3 rings (SSSR count). The van der Waals surface area contributed by atoms with Gasteiger partial charge in [0.15, 0.2) is 6.54 Å². The van der Waals surface area contributed by atoms with Gasteiger partial charge in [0.05, 0.1) is 17.6 Å². The second-order valence-corrected chi connectivity index (χ2v) is 6.23. The number of aliphatic carboxylic acids is 1. The standard InChI is InChI=1S/C14H14BrFN8O3/c15-10-4-3-9(16)7-11(10)27-6-2-1-5-23-19-13(17-21-23)14-18-22-24(20-14)8-12(25)26/h3-4,7H,1-2,5-6,8H2,(H,25,26). The summed E-state index contributed by atoms with van der Waals surface area (Å²) in [5.41, 5.74) is 0. The van der Waals surface area contributed by atoms with Crippen LogP contribution >= 0.6 is 15.9 Å². The number of hydrogen-bond donors (Lipinski definition) is 1. The average Bonchev–Trinajstić information content (AvgIpc) is 3.26. The van der Waals surface area contributed by atoms with Crippen LogP contribution in [0.1, 0.15) is 12.8 Å². The fraction of sp³-hybridized carbons (Fsp3) is 0.357. The van der Waals surface area contributed by atoms with Crippen molar-refractivity contribution in [3.05, 3.63) is 28.5 Å². The van der Waals surface area contributed by atoms with Crippen molar-refractivity contribution in [2.75, 3.05) is 6.61 Å². The Labute approximate surface area is 160 Å². The van der Waals surface area contributed by atoms with E-state index in [4.69, 9.17) is 9.84 Å². The van der Waals surface area contributed by atoms with Crippen LogP contribution in [0.2, 0.25) is 0 Å². The molecule has 11 nitrogen and oxygen atoms in total. The third kappa shape index (κ3) is 5.26. The molecule has 0 radical (unpaired) electrons. The number of aromatic nitrogens is 8. The van der Waals surface area contributed by atoms with Crippen LogP contribution in [0.4, 0.5) is 4.39 Å². The molecule has 0 atom stereocenters. The number of rotatable bonds is 9. The van der Waals surface area contributed by atoms with E-state index in [-0.39, 0.29) is 17.5 Å². The van der Waals surface area contributed by atoms with Gasteiger partial charge >= 0.3 is 5.97 Å². The van der Waals surface area contributed by atoms with Crippen molar-refractivity contribution >= 4 is 21.9 Å². The summed E-state index contributed by atoms with van der Waals surface area (Å²) >= 11 is 3.30. The summed E-state index contributed by atoms with van der Waals surface area (Å²) < 4.78 is 19.4. The maximum atomic E-state index is 13.2. The molecule has 0 unspecified atom stereocenters. The molecule has 2 heterocycles. The first kappa shape index (κ1) is 18.8. The second-order valence-electron chi connectivity index (χ2n) is 5.38. The number of aryl methyl sites for hydroxylation is 1. The SMILES string of the molecule is O=C(O)Cn1nnc(-c2nnn(CCCCOc3cc(F)ccc3Br)n2)n1. The molecule has 0 aliphatic rings. The van der Waals surface area contributed by atoms with Crippen molar-refractivity contribution in [1.29, 1.82) is 0 Å². The van der Waals surface area contributed by atoms with Gasteiger partial charge < -0.3 is 9.84 Å². The monoisotopic (exact) mass is 440 g/mol. The molecule has 2 aromatic heterocycles. The first-order valence-corrected chi connectivity index (χ1v) is 8.66. The maximum Gasteiger partial charge on any atom is 0.327 e. The number of ether oxygens (including phenoxy) is 1. The minimum Gasteiger partial charge on any atom is -0.492 e. The van der Waals surface area contributed by atoms with Gasteiger partial charge in [0, 0.05) is 6.07 Å². The fourth-order valence-corrected chi connectivity index (χ4v) is 2.43. The predicted molar refractivity (Wildman–Crippen MR) is 91.1 cm³/mol. The first-order chi connectivity index (χ1) is 13.0. The lowest BCUT2D eigenvalue weighted by atomic mass is 10.3. The number of benzene rings is 1. The Balaban J connectivity index is 1.45. The lowest BCUT2D eigenvalue weighted by Gasteiger charge is -2.07. The van der Waals surface area contributed by atoms with E-state index >= 15 is 0 Å². The molecular formula is C14H14BrFN8O3. The summed E-state index contributed by atoms with van der Waals surface area (Å²) in [5.74, 6) is -0.732. The second kappa shape index (κ2) is 8.62. The Morgan fingerprint density at radius 2 is 1.85 bits per heavy atom. The van der Waals surface area contributed by atoms with Crippen molar-refractivity contribution in [1.82, 2.24) is 40.4 Å². The zero-order valence-electron chi connectivity index (χ0n) is 13.9. The van der Waals surface area contributed by atoms with Gasteiger partial charge in [-0.25, -0.2) is 4.39 Å². The molecule has 0 aliphatic carbocycles. The van der Waals surface area contributed by atoms with Crippen LogP contribution in [0.3, 0.4) is 0 Å². The van der Waals surface area contributed by atoms with Gasteiger partial charge in [0.2, 0.25) is 11.6 Å². The molecule has 1 N–H and O–H groups in total. The molecule has 13 heteroatoms. The Bertz CT molecular complexity index is 931. The highest BCUT2D eigenvalue weighted by Gasteiger charge is 2.13. The Hall–Kier alpha value is -2.96. The third-order valence-electron chi connectivity index (χ3n) is 3.29. The third-order valence-corrected chi connectivity index (χ3v) is 3.94. The molecule has 0 spiro atoms. The van der Waals surface area contributed by atoms with Gasteiger partial charge in [-0.3, -0.25) is 4.79 Å². The summed E-state index contributed by atoms with van der Waals surface area (Å²) in [4.78, 5) is 12.9. The summed E-state index contributed by atoms with van der Waals surface area (Å²) in [5, 5.41) is 31.7. The van der Waals surface area contributed by atoms with Gasteiger partial charge in [0.25, 0.3) is 0 Å². The normalized spacial score (nSPS) is 10.9. The maximum absolute atomic E-state index is 13.2. The molecule has 0 saturated carbocycles. The van der Waals surface area contributed by atoms with E-state index in [0.717, 1.165) is 4.80 Å². The number of nitrogens with zero attached hydrogens (tertiary/aromatic N) is 8. The van der Waals surface area contributed by atoms with Crippen molar-refractivity contribution < 1.29 is 19.0 Å². The van der Waals surface area contributed by atoms with Crippen molar-refractivity contribution in [2.45, 2.75) is 25.9 Å². The molecule has 0 fully saturated rings. The van der Waals surface area contributed by atoms with Crippen LogP contribution in [0, 0.1) is 5.82 Å². The summed E-state index contributed by atoms with van der Waals surface area (Å²) in [6.45, 7) is 0.501. The van der Waals surface area contributed by atoms with Gasteiger partial charge in [-0.05, 0) is 51.3 Å². The van der Waals surface area contributed by atoms with Crippen LogP contribution in [-0.4, -0.2) is 58.1 Å². The molecule has 3 aromatic rings. The number of hydrogen-bond acceptors (Lipinski definition) is 8. The first-order valence-electron chi connectivity index (χ1n) is 7.87. The lowest BCUT2D eigenvalue weighted by molar-refractivity contribution is -0.138. The van der Waals surface area contributed by atoms with E-state index in [1.807, 2.05) is 0 Å². The minimum absolute atomic E-state index is 0.0989. The molecule has 0 bridgehead atoms. The summed E-state index contributed by atoms with van der Waals surface area (Å²) in [7, 11) is 0. The average molecular weight is 441 g/mol. The Morgan fingerprint density at radius 3 is 2.59 bits per heavy atom. The van der Waals surface area contributed by atoms with Crippen molar-refractivity contribution in [3.63, 3.8) is 0 Å². The minimum atomic E-state index is -1.08. The summed E-state index contributed by atoms with van der Waals surface area (Å²) in [6, 6.07) is 4.26. The molecule has 0 amide bonds. The van der Waals surface area contributed by atoms with Crippen LogP contribution in [0.5, 0.6) is 5.75 Å². The quantitative estimate of drug-likeness (QED) is 0.486. The van der Waals surface area contributed by atoms with E-state index in [9.17, 15) is 9.18 Å². The summed E-state index contributed by atoms with van der Waals surface area (Å²) in [6.07, 6.45) is 1.41. The number of tetrazole rings is 2. The molecule has 27 heavy (non-hydrogen) atoms. The van der Waals surface area contributed by atoms with Crippen LogP contribution in [0.25, 0.3) is 11.6 Å². The number of unbranched alkanes of at least 4 members (excludes halogenated alkanes) is 1. The molecule has 1 aromatic carbocycles. The van der Waals surface area contributed by atoms with Crippen LogP contribution < -0.4 is 4.74 Å². The van der Waals surface area contributed by atoms with Gasteiger partial charge in [-0.1, -0.05) is 0 Å². The smallest absolute Gasteiger partial charge is 0.327 e. The van der Waals surface area contributed by atoms with Gasteiger partial charge in [-0.15, -0.1) is 20.4 Å². The van der Waals surface area contributed by atoms with E-state index in [2.05, 4.69) is 46.8 Å². The number of carboxylic acids is 1. The number of carbonyl (C=O) groups is 1. The highest BCUT2D eigenvalue weighted by Crippen LogP contribution is 2.25. The van der Waals surface area contributed by atoms with Crippen molar-refractivity contribution in [3.8, 4) is 17.4 Å². The highest BCUT2D eigenvalue weighted by molar-refractivity contribution is 9.10.